The van der Waals surface area contributed by atoms with Crippen molar-refractivity contribution in [3.8, 4) is 0 Å². The topological polar surface area (TPSA) is 72.5 Å². The zero-order valence-electron chi connectivity index (χ0n) is 14.5. The van der Waals surface area contributed by atoms with Crippen LogP contribution in [0.5, 0.6) is 0 Å². The third kappa shape index (κ3) is 7.14. The van der Waals surface area contributed by atoms with Crippen molar-refractivity contribution in [1.29, 1.82) is 0 Å². The number of unbranched alkanes of at least 4 members (excludes halogenated alkanes) is 3. The fourth-order valence-corrected chi connectivity index (χ4v) is 2.53. The van der Waals surface area contributed by atoms with Crippen LogP contribution in [-0.2, 0) is 4.74 Å². The minimum atomic E-state index is -0.628. The Morgan fingerprint density at radius 1 is 1.13 bits per heavy atom. The van der Waals surface area contributed by atoms with E-state index in [0.717, 1.165) is 38.5 Å². The van der Waals surface area contributed by atoms with E-state index in [1.807, 2.05) is 6.07 Å². The van der Waals surface area contributed by atoms with E-state index < -0.39 is 12.1 Å². The Kier molecular flexibility index (Phi) is 9.57. The highest BCUT2D eigenvalue weighted by molar-refractivity contribution is 5.91. The molecule has 0 radical (unpaired) electrons. The van der Waals surface area contributed by atoms with E-state index in [2.05, 4.69) is 13.8 Å². The largest absolute Gasteiger partial charge is 0.460 e. The maximum absolute atomic E-state index is 12.3. The minimum absolute atomic E-state index is 0.123. The number of hydrogen-bond donors (Lipinski definition) is 2. The number of ether oxygens (including phenoxy) is 1. The number of hydrogen-bond acceptors (Lipinski definition) is 4. The molecule has 3 N–H and O–H groups in total. The van der Waals surface area contributed by atoms with Crippen LogP contribution in [0.1, 0.15) is 80.8 Å². The van der Waals surface area contributed by atoms with Crippen LogP contribution in [0.25, 0.3) is 0 Å². The predicted octanol–water partition coefficient (Wildman–Crippen LogP) is 3.97. The van der Waals surface area contributed by atoms with Crippen LogP contribution in [0.3, 0.4) is 0 Å². The Morgan fingerprint density at radius 2 is 1.83 bits per heavy atom. The van der Waals surface area contributed by atoms with Gasteiger partial charge in [0.15, 0.2) is 0 Å². The molecule has 0 bridgehead atoms. The van der Waals surface area contributed by atoms with E-state index in [-0.39, 0.29) is 12.6 Å². The number of aliphatic hydroxyl groups is 1. The zero-order valence-corrected chi connectivity index (χ0v) is 14.5. The lowest BCUT2D eigenvalue weighted by molar-refractivity contribution is 0.0469. The maximum atomic E-state index is 12.3. The average Bonchev–Trinajstić information content (AvgIpc) is 2.57. The molecule has 0 aliphatic heterocycles. The van der Waals surface area contributed by atoms with Gasteiger partial charge in [-0.15, -0.1) is 0 Å². The Hall–Kier alpha value is -1.39. The summed E-state index contributed by atoms with van der Waals surface area (Å²) in [5.74, 6) is -0.401. The first-order valence-electron chi connectivity index (χ1n) is 8.79. The second-order valence-corrected chi connectivity index (χ2v) is 6.10. The van der Waals surface area contributed by atoms with Crippen LogP contribution in [0.4, 0.5) is 0 Å². The summed E-state index contributed by atoms with van der Waals surface area (Å²) in [7, 11) is 0. The molecule has 0 amide bonds. The number of carbonyl (C=O) groups excluding carboxylic acids is 1. The molecule has 0 aromatic heterocycles. The zero-order chi connectivity index (χ0) is 17.1. The third-order valence-corrected chi connectivity index (χ3v) is 3.98. The first-order chi connectivity index (χ1) is 11.1. The molecule has 0 spiro atoms. The number of rotatable bonds is 11. The summed E-state index contributed by atoms with van der Waals surface area (Å²) in [6.45, 7) is 4.45. The number of carbonyl (C=O) groups is 1. The van der Waals surface area contributed by atoms with Crippen LogP contribution < -0.4 is 5.73 Å². The number of aliphatic hydroxyl groups excluding tert-OH is 1. The summed E-state index contributed by atoms with van der Waals surface area (Å²) in [5.41, 5.74) is 7.06. The van der Waals surface area contributed by atoms with Gasteiger partial charge in [-0.3, -0.25) is 0 Å². The van der Waals surface area contributed by atoms with Crippen molar-refractivity contribution in [2.24, 2.45) is 5.73 Å². The molecule has 4 heteroatoms. The smallest absolute Gasteiger partial charge is 0.338 e. The Labute approximate surface area is 140 Å². The van der Waals surface area contributed by atoms with Crippen molar-refractivity contribution in [2.45, 2.75) is 70.9 Å². The summed E-state index contributed by atoms with van der Waals surface area (Å²) in [4.78, 5) is 12.3. The normalized spacial score (nSPS) is 13.6. The summed E-state index contributed by atoms with van der Waals surface area (Å²) < 4.78 is 5.34. The molecular formula is C19H31NO3. The second-order valence-electron chi connectivity index (χ2n) is 6.10. The molecule has 0 aliphatic carbocycles. The lowest BCUT2D eigenvalue weighted by Gasteiger charge is -2.16. The fourth-order valence-electron chi connectivity index (χ4n) is 2.53. The van der Waals surface area contributed by atoms with Crippen LogP contribution in [0.2, 0.25) is 0 Å². The van der Waals surface area contributed by atoms with Crippen molar-refractivity contribution < 1.29 is 14.6 Å². The van der Waals surface area contributed by atoms with Crippen molar-refractivity contribution in [1.82, 2.24) is 0 Å². The molecule has 2 unspecified atom stereocenters. The van der Waals surface area contributed by atoms with Gasteiger partial charge in [0.05, 0.1) is 11.7 Å². The molecule has 2 atom stereocenters. The summed E-state index contributed by atoms with van der Waals surface area (Å²) in [5, 5.41) is 10.3. The van der Waals surface area contributed by atoms with Gasteiger partial charge in [0.2, 0.25) is 0 Å². The van der Waals surface area contributed by atoms with Gasteiger partial charge in [-0.2, -0.15) is 0 Å². The van der Waals surface area contributed by atoms with Crippen LogP contribution in [-0.4, -0.2) is 23.7 Å². The van der Waals surface area contributed by atoms with E-state index >= 15 is 0 Å². The van der Waals surface area contributed by atoms with Crippen molar-refractivity contribution in [2.75, 3.05) is 6.61 Å². The summed E-state index contributed by atoms with van der Waals surface area (Å²) in [6, 6.07) is 6.99. The van der Waals surface area contributed by atoms with Gasteiger partial charge in [0.25, 0.3) is 0 Å². The van der Waals surface area contributed by atoms with Crippen molar-refractivity contribution >= 4 is 5.97 Å². The average molecular weight is 321 g/mol. The van der Waals surface area contributed by atoms with Gasteiger partial charge in [-0.1, -0.05) is 64.2 Å². The van der Waals surface area contributed by atoms with Crippen LogP contribution in [0.15, 0.2) is 24.3 Å². The van der Waals surface area contributed by atoms with Crippen LogP contribution >= 0.6 is 0 Å². The van der Waals surface area contributed by atoms with Gasteiger partial charge in [-0.05, 0) is 24.5 Å². The quantitative estimate of drug-likeness (QED) is 0.478. The second kappa shape index (κ2) is 11.2. The monoisotopic (exact) mass is 321 g/mol. The molecule has 1 rings (SSSR count). The lowest BCUT2D eigenvalue weighted by atomic mass is 9.98. The van der Waals surface area contributed by atoms with E-state index in [1.54, 1.807) is 18.2 Å². The molecule has 23 heavy (non-hydrogen) atoms. The highest BCUT2D eigenvalue weighted by Gasteiger charge is 2.18. The molecule has 4 nitrogen and oxygen atoms in total. The highest BCUT2D eigenvalue weighted by Crippen LogP contribution is 2.23. The first kappa shape index (κ1) is 19.7. The predicted molar refractivity (Wildman–Crippen MR) is 93.3 cm³/mol. The molecule has 0 heterocycles. The van der Waals surface area contributed by atoms with E-state index in [0.29, 0.717) is 17.5 Å². The Balaban J connectivity index is 2.58. The number of benzene rings is 1. The number of nitrogens with two attached hydrogens (primary N) is 1. The molecule has 0 fully saturated rings. The molecular weight excluding hydrogens is 290 g/mol. The summed E-state index contributed by atoms with van der Waals surface area (Å²) >= 11 is 0. The molecule has 1 aromatic carbocycles. The summed E-state index contributed by atoms with van der Waals surface area (Å²) in [6.07, 6.45) is 6.17. The van der Waals surface area contributed by atoms with Gasteiger partial charge < -0.3 is 15.6 Å². The van der Waals surface area contributed by atoms with Crippen molar-refractivity contribution in [3.63, 3.8) is 0 Å². The minimum Gasteiger partial charge on any atom is -0.460 e. The Bertz CT molecular complexity index is 462. The standard InChI is InChI=1S/C19H31NO3/c1-3-5-7-10-15(20)14-23-19(22)17-12-9-8-11-16(17)18(21)13-6-4-2/h8-9,11-12,15,18,21H,3-7,10,13-14,20H2,1-2H3. The number of esters is 1. The molecule has 0 aliphatic rings. The third-order valence-electron chi connectivity index (χ3n) is 3.98. The highest BCUT2D eigenvalue weighted by atomic mass is 16.5. The molecule has 130 valence electrons. The molecule has 1 aromatic rings. The van der Waals surface area contributed by atoms with E-state index in [4.69, 9.17) is 10.5 Å². The Morgan fingerprint density at radius 3 is 2.52 bits per heavy atom. The molecule has 0 saturated carbocycles. The van der Waals surface area contributed by atoms with Gasteiger partial charge >= 0.3 is 5.97 Å². The van der Waals surface area contributed by atoms with Gasteiger partial charge in [0, 0.05) is 6.04 Å². The SMILES string of the molecule is CCCCCC(N)COC(=O)c1ccccc1C(O)CCCC. The van der Waals surface area contributed by atoms with E-state index in [1.165, 1.54) is 0 Å². The van der Waals surface area contributed by atoms with Crippen LogP contribution in [0, 0.1) is 0 Å². The molecule has 0 saturated heterocycles. The van der Waals surface area contributed by atoms with Gasteiger partial charge in [-0.25, -0.2) is 4.79 Å². The fraction of sp³-hybridized carbons (Fsp3) is 0.632. The maximum Gasteiger partial charge on any atom is 0.338 e. The van der Waals surface area contributed by atoms with E-state index in [9.17, 15) is 9.90 Å². The lowest BCUT2D eigenvalue weighted by Crippen LogP contribution is -2.28. The van der Waals surface area contributed by atoms with Gasteiger partial charge in [0.1, 0.15) is 6.61 Å². The van der Waals surface area contributed by atoms with Crippen molar-refractivity contribution in [3.05, 3.63) is 35.4 Å². The first-order valence-corrected chi connectivity index (χ1v) is 8.79.